The van der Waals surface area contributed by atoms with Crippen LogP contribution in [0.3, 0.4) is 0 Å². The Balaban J connectivity index is 1.65. The third-order valence-corrected chi connectivity index (χ3v) is 7.96. The van der Waals surface area contributed by atoms with Crippen LogP contribution in [0.25, 0.3) is 11.1 Å². The van der Waals surface area contributed by atoms with Gasteiger partial charge in [-0.3, -0.25) is 9.69 Å². The molecular weight excluding hydrogens is 509 g/mol. The number of carboxylic acid groups (broad SMARTS) is 1. The van der Waals surface area contributed by atoms with E-state index in [0.717, 1.165) is 26.6 Å². The maximum Gasteiger partial charge on any atom is 0.416 e. The van der Waals surface area contributed by atoms with E-state index in [2.05, 4.69) is 4.90 Å². The minimum Gasteiger partial charge on any atom is -0.480 e. The van der Waals surface area contributed by atoms with Crippen LogP contribution in [0.15, 0.2) is 65.8 Å². The molecule has 3 aromatic rings. The molecule has 1 fully saturated rings. The summed E-state index contributed by atoms with van der Waals surface area (Å²) in [7, 11) is -4.28. The zero-order valence-corrected chi connectivity index (χ0v) is 20.3. The average molecular weight is 533 g/mol. The van der Waals surface area contributed by atoms with Crippen LogP contribution in [0.5, 0.6) is 0 Å². The first kappa shape index (κ1) is 26.4. The molecule has 1 N–H and O–H groups in total. The van der Waals surface area contributed by atoms with Crippen LogP contribution in [0.2, 0.25) is 0 Å². The third-order valence-electron chi connectivity index (χ3n) is 6.08. The monoisotopic (exact) mass is 532 g/mol. The lowest BCUT2D eigenvalue weighted by Gasteiger charge is -2.34. The predicted molar refractivity (Wildman–Crippen MR) is 128 cm³/mol. The Morgan fingerprint density at radius 2 is 1.70 bits per heavy atom. The van der Waals surface area contributed by atoms with Crippen molar-refractivity contribution in [3.05, 3.63) is 77.6 Å². The van der Waals surface area contributed by atoms with Gasteiger partial charge in [-0.15, -0.1) is 0 Å². The molecule has 0 atom stereocenters. The van der Waals surface area contributed by atoms with E-state index in [-0.39, 0.29) is 29.8 Å². The van der Waals surface area contributed by atoms with Crippen LogP contribution in [-0.2, 0) is 34.1 Å². The second-order valence-corrected chi connectivity index (χ2v) is 10.6. The van der Waals surface area contributed by atoms with E-state index >= 15 is 0 Å². The van der Waals surface area contributed by atoms with Gasteiger partial charge in [-0.1, -0.05) is 30.3 Å². The number of carboxylic acids is 1. The lowest BCUT2D eigenvalue weighted by atomic mass is 10.0. The van der Waals surface area contributed by atoms with E-state index in [1.807, 2.05) is 36.4 Å². The third kappa shape index (κ3) is 6.02. The topological polar surface area (TPSA) is 107 Å². The summed E-state index contributed by atoms with van der Waals surface area (Å²) in [4.78, 5) is 12.6. The zero-order chi connectivity index (χ0) is 26.8. The molecule has 2 aromatic carbocycles. The molecule has 0 radical (unpaired) electrons. The van der Waals surface area contributed by atoms with E-state index in [1.54, 1.807) is 0 Å². The quantitative estimate of drug-likeness (QED) is 0.498. The summed E-state index contributed by atoms with van der Waals surface area (Å²) >= 11 is 0. The number of aromatic nitrogens is 1. The summed E-state index contributed by atoms with van der Waals surface area (Å²) in [5.74, 6) is -1.20. The van der Waals surface area contributed by atoms with Gasteiger partial charge in [0.25, 0.3) is 0 Å². The molecule has 4 rings (SSSR count). The van der Waals surface area contributed by atoms with Crippen molar-refractivity contribution in [1.82, 2.24) is 13.8 Å². The maximum absolute atomic E-state index is 13.7. The number of piperazine rings is 1. The Bertz CT molecular complexity index is 1440. The van der Waals surface area contributed by atoms with Gasteiger partial charge in [-0.05, 0) is 29.3 Å². The fourth-order valence-electron chi connectivity index (χ4n) is 4.26. The van der Waals surface area contributed by atoms with Crippen LogP contribution in [-0.4, -0.2) is 59.4 Å². The molecule has 0 spiro atoms. The number of nitrogens with zero attached hydrogens (tertiary/aromatic N) is 4. The second kappa shape index (κ2) is 10.4. The highest BCUT2D eigenvalue weighted by Gasteiger charge is 2.35. The number of rotatable bonds is 7. The van der Waals surface area contributed by atoms with E-state index in [1.165, 1.54) is 12.4 Å². The van der Waals surface area contributed by atoms with Crippen molar-refractivity contribution in [3.8, 4) is 17.2 Å². The van der Waals surface area contributed by atoms with Gasteiger partial charge in [-0.2, -0.15) is 22.7 Å². The molecule has 0 unspecified atom stereocenters. The molecule has 1 aliphatic heterocycles. The Hall–Kier alpha value is -3.66. The van der Waals surface area contributed by atoms with Crippen molar-refractivity contribution >= 4 is 16.0 Å². The summed E-state index contributed by atoms with van der Waals surface area (Å²) in [6.07, 6.45) is -2.42. The van der Waals surface area contributed by atoms with E-state index < -0.39 is 39.2 Å². The molecule has 12 heteroatoms. The number of halogens is 3. The van der Waals surface area contributed by atoms with Crippen LogP contribution in [0, 0.1) is 11.3 Å². The normalized spacial score (nSPS) is 15.4. The summed E-state index contributed by atoms with van der Waals surface area (Å²) < 4.78 is 70.4. The smallest absolute Gasteiger partial charge is 0.416 e. The van der Waals surface area contributed by atoms with Gasteiger partial charge in [-0.25, -0.2) is 8.42 Å². The summed E-state index contributed by atoms with van der Waals surface area (Å²) in [6.45, 7) is 1.17. The molecule has 0 saturated carbocycles. The average Bonchev–Trinajstić information content (AvgIpc) is 3.26. The molecule has 8 nitrogen and oxygen atoms in total. The van der Waals surface area contributed by atoms with Gasteiger partial charge in [0.05, 0.1) is 16.0 Å². The minimum atomic E-state index is -4.84. The van der Waals surface area contributed by atoms with Gasteiger partial charge in [0, 0.05) is 50.7 Å². The van der Waals surface area contributed by atoms with Crippen LogP contribution >= 0.6 is 0 Å². The molecule has 0 amide bonds. The number of hydrogen-bond acceptors (Lipinski definition) is 5. The summed E-state index contributed by atoms with van der Waals surface area (Å²) in [5.41, 5.74) is -0.306. The Kier molecular flexibility index (Phi) is 7.40. The number of alkyl halides is 3. The van der Waals surface area contributed by atoms with Gasteiger partial charge in [0.2, 0.25) is 10.0 Å². The number of hydrogen-bond donors (Lipinski definition) is 1. The highest BCUT2D eigenvalue weighted by molar-refractivity contribution is 7.89. The number of nitriles is 1. The molecule has 0 bridgehead atoms. The van der Waals surface area contributed by atoms with Crippen molar-refractivity contribution in [3.63, 3.8) is 0 Å². The van der Waals surface area contributed by atoms with Gasteiger partial charge >= 0.3 is 12.1 Å². The summed E-state index contributed by atoms with van der Waals surface area (Å²) in [6, 6.07) is 13.9. The minimum absolute atomic E-state index is 0.0129. The number of benzene rings is 2. The lowest BCUT2D eigenvalue weighted by molar-refractivity contribution is -0.138. The standard InChI is InChI=1S/C25H23F3N4O4S/c26-25(27,28)21-10-19(23-16-31(17-24(33)34)15-20(23)13-29)11-22(12-21)37(35,36)32-8-6-30(7-9-32)14-18-4-2-1-3-5-18/h1-5,10-12,15-16H,6-9,14,17H2,(H,33,34). The predicted octanol–water partition coefficient (Wildman–Crippen LogP) is 3.64. The molecule has 2 heterocycles. The Labute approximate surface area is 211 Å². The molecule has 0 aliphatic carbocycles. The number of sulfonamides is 1. The second-order valence-electron chi connectivity index (χ2n) is 8.67. The first-order valence-corrected chi connectivity index (χ1v) is 12.7. The largest absolute Gasteiger partial charge is 0.480 e. The fourth-order valence-corrected chi connectivity index (χ4v) is 5.75. The van der Waals surface area contributed by atoms with Gasteiger partial charge in [0.15, 0.2) is 0 Å². The molecule has 1 aromatic heterocycles. The maximum atomic E-state index is 13.7. The molecular formula is C25H23F3N4O4S. The van der Waals surface area contributed by atoms with Crippen LogP contribution in [0.4, 0.5) is 13.2 Å². The van der Waals surface area contributed by atoms with Gasteiger partial charge < -0.3 is 9.67 Å². The molecule has 1 saturated heterocycles. The van der Waals surface area contributed by atoms with Crippen LogP contribution in [0.1, 0.15) is 16.7 Å². The first-order valence-electron chi connectivity index (χ1n) is 11.3. The van der Waals surface area contributed by atoms with Crippen molar-refractivity contribution < 1.29 is 31.5 Å². The van der Waals surface area contributed by atoms with E-state index in [4.69, 9.17) is 5.11 Å². The highest BCUT2D eigenvalue weighted by atomic mass is 32.2. The van der Waals surface area contributed by atoms with Crippen LogP contribution < -0.4 is 0 Å². The van der Waals surface area contributed by atoms with Crippen molar-refractivity contribution in [2.24, 2.45) is 0 Å². The van der Waals surface area contributed by atoms with E-state index in [0.29, 0.717) is 25.7 Å². The summed E-state index contributed by atoms with van der Waals surface area (Å²) in [5, 5.41) is 18.5. The highest BCUT2D eigenvalue weighted by Crippen LogP contribution is 2.36. The lowest BCUT2D eigenvalue weighted by Crippen LogP contribution is -2.48. The SMILES string of the molecule is N#Cc1cn(CC(=O)O)cc1-c1cc(C(F)(F)F)cc(S(=O)(=O)N2CCN(Cc3ccccc3)CC2)c1. The van der Waals surface area contributed by atoms with Crippen molar-refractivity contribution in [2.75, 3.05) is 26.2 Å². The van der Waals surface area contributed by atoms with Crippen molar-refractivity contribution in [1.29, 1.82) is 5.26 Å². The molecule has 37 heavy (non-hydrogen) atoms. The first-order chi connectivity index (χ1) is 17.5. The molecule has 194 valence electrons. The Morgan fingerprint density at radius 3 is 2.30 bits per heavy atom. The molecule has 1 aliphatic rings. The van der Waals surface area contributed by atoms with E-state index in [9.17, 15) is 31.6 Å². The Morgan fingerprint density at radius 1 is 1.03 bits per heavy atom. The van der Waals surface area contributed by atoms with Crippen molar-refractivity contribution in [2.45, 2.75) is 24.2 Å². The number of carbonyl (C=O) groups is 1. The zero-order valence-electron chi connectivity index (χ0n) is 19.5. The number of aliphatic carboxylic acids is 1. The van der Waals surface area contributed by atoms with Gasteiger partial charge in [0.1, 0.15) is 12.6 Å². The fraction of sp³-hybridized carbons (Fsp3) is 0.280.